The van der Waals surface area contributed by atoms with Gasteiger partial charge in [-0.1, -0.05) is 55.5 Å². The SMILES string of the molecule is CCc1ccc2[nH]c(=O)c(CN(Cc3ccccc3)S(=O)(=O)c3ccc(C(C)=O)cc3)cc2c1. The zero-order valence-electron chi connectivity index (χ0n) is 19.1. The topological polar surface area (TPSA) is 87.3 Å². The summed E-state index contributed by atoms with van der Waals surface area (Å²) in [5.74, 6) is -0.140. The Morgan fingerprint density at radius 2 is 1.59 bits per heavy atom. The number of nitrogens with one attached hydrogen (secondary N) is 1. The molecule has 0 spiro atoms. The van der Waals surface area contributed by atoms with Gasteiger partial charge in [-0.05, 0) is 60.2 Å². The number of carbonyl (C=O) groups excluding carboxylic acids is 1. The van der Waals surface area contributed by atoms with Crippen LogP contribution in [0.5, 0.6) is 0 Å². The molecular weight excluding hydrogens is 448 g/mol. The normalized spacial score (nSPS) is 11.7. The fourth-order valence-corrected chi connectivity index (χ4v) is 5.26. The monoisotopic (exact) mass is 474 g/mol. The molecule has 1 aromatic heterocycles. The quantitative estimate of drug-likeness (QED) is 0.376. The minimum Gasteiger partial charge on any atom is -0.322 e. The number of aryl methyl sites for hydroxylation is 1. The van der Waals surface area contributed by atoms with Gasteiger partial charge in [0.25, 0.3) is 5.56 Å². The molecule has 7 heteroatoms. The maximum Gasteiger partial charge on any atom is 0.252 e. The lowest BCUT2D eigenvalue weighted by molar-refractivity contribution is 0.101. The lowest BCUT2D eigenvalue weighted by Gasteiger charge is -2.22. The van der Waals surface area contributed by atoms with Crippen molar-refractivity contribution in [2.24, 2.45) is 0 Å². The molecule has 0 saturated heterocycles. The third kappa shape index (κ3) is 5.00. The second-order valence-electron chi connectivity index (χ2n) is 8.24. The maximum absolute atomic E-state index is 13.6. The van der Waals surface area contributed by atoms with E-state index in [1.807, 2.05) is 48.5 Å². The number of pyridine rings is 1. The molecule has 4 rings (SSSR count). The highest BCUT2D eigenvalue weighted by Gasteiger charge is 2.26. The van der Waals surface area contributed by atoms with Crippen LogP contribution in [0.1, 0.15) is 40.9 Å². The van der Waals surface area contributed by atoms with Gasteiger partial charge in [0.15, 0.2) is 5.78 Å². The number of nitrogens with zero attached hydrogens (tertiary/aromatic N) is 1. The van der Waals surface area contributed by atoms with Gasteiger partial charge in [0.1, 0.15) is 0 Å². The van der Waals surface area contributed by atoms with Crippen LogP contribution in [0.15, 0.2) is 88.6 Å². The number of rotatable bonds is 8. The standard InChI is InChI=1S/C27H26N2O4S/c1-3-20-9-14-26-23(15-20)16-24(27(31)28-26)18-29(17-21-7-5-4-6-8-21)34(32,33)25-12-10-22(11-13-25)19(2)30/h4-16H,3,17-18H2,1-2H3,(H,28,31). The molecule has 0 aliphatic rings. The molecule has 0 amide bonds. The number of sulfonamides is 1. The number of H-pyrrole nitrogens is 1. The zero-order valence-corrected chi connectivity index (χ0v) is 19.9. The molecule has 1 heterocycles. The van der Waals surface area contributed by atoms with E-state index in [0.717, 1.165) is 22.9 Å². The Balaban J connectivity index is 1.76. The maximum atomic E-state index is 13.6. The Kier molecular flexibility index (Phi) is 6.77. The van der Waals surface area contributed by atoms with Crippen LogP contribution in [-0.2, 0) is 29.5 Å². The smallest absolute Gasteiger partial charge is 0.252 e. The van der Waals surface area contributed by atoms with Crippen LogP contribution in [0.2, 0.25) is 0 Å². The van der Waals surface area contributed by atoms with Crippen LogP contribution >= 0.6 is 0 Å². The average molecular weight is 475 g/mol. The Hall–Kier alpha value is -3.55. The van der Waals surface area contributed by atoms with Gasteiger partial charge in [0.2, 0.25) is 10.0 Å². The number of Topliss-reactive ketones (excluding diaryl/α,β-unsaturated/α-hetero) is 1. The first-order chi connectivity index (χ1) is 16.3. The van der Waals surface area contributed by atoms with Gasteiger partial charge in [-0.2, -0.15) is 4.31 Å². The number of aromatic nitrogens is 1. The molecule has 0 atom stereocenters. The molecule has 0 fully saturated rings. The fourth-order valence-electron chi connectivity index (χ4n) is 3.85. The van der Waals surface area contributed by atoms with Gasteiger partial charge >= 0.3 is 0 Å². The van der Waals surface area contributed by atoms with Crippen molar-refractivity contribution in [1.82, 2.24) is 9.29 Å². The van der Waals surface area contributed by atoms with E-state index in [9.17, 15) is 18.0 Å². The Morgan fingerprint density at radius 3 is 2.24 bits per heavy atom. The van der Waals surface area contributed by atoms with Crippen molar-refractivity contribution in [2.75, 3.05) is 0 Å². The molecule has 1 N–H and O–H groups in total. The predicted octanol–water partition coefficient (Wildman–Crippen LogP) is 4.68. The molecule has 0 unspecified atom stereocenters. The van der Waals surface area contributed by atoms with E-state index in [2.05, 4.69) is 11.9 Å². The van der Waals surface area contributed by atoms with Gasteiger partial charge in [-0.3, -0.25) is 9.59 Å². The van der Waals surface area contributed by atoms with Crippen LogP contribution < -0.4 is 5.56 Å². The molecule has 0 radical (unpaired) electrons. The zero-order chi connectivity index (χ0) is 24.3. The molecule has 0 bridgehead atoms. The highest BCUT2D eigenvalue weighted by atomic mass is 32.2. The fraction of sp³-hybridized carbons (Fsp3) is 0.185. The molecular formula is C27H26N2O4S. The number of aromatic amines is 1. The van der Waals surface area contributed by atoms with Gasteiger partial charge < -0.3 is 4.98 Å². The van der Waals surface area contributed by atoms with Gasteiger partial charge in [-0.25, -0.2) is 8.42 Å². The Morgan fingerprint density at radius 1 is 0.882 bits per heavy atom. The summed E-state index contributed by atoms with van der Waals surface area (Å²) < 4.78 is 28.5. The molecule has 4 aromatic rings. The van der Waals surface area contributed by atoms with Gasteiger partial charge in [0, 0.05) is 29.7 Å². The van der Waals surface area contributed by atoms with Crippen molar-refractivity contribution in [3.63, 3.8) is 0 Å². The summed E-state index contributed by atoms with van der Waals surface area (Å²) in [5.41, 5.74) is 3.12. The first kappa shape index (κ1) is 23.6. The number of hydrogen-bond donors (Lipinski definition) is 1. The number of benzene rings is 3. The van der Waals surface area contributed by atoms with E-state index in [0.29, 0.717) is 16.6 Å². The third-order valence-electron chi connectivity index (χ3n) is 5.84. The minimum atomic E-state index is -3.95. The molecule has 34 heavy (non-hydrogen) atoms. The van der Waals surface area contributed by atoms with E-state index < -0.39 is 10.0 Å². The summed E-state index contributed by atoms with van der Waals surface area (Å²) in [4.78, 5) is 27.4. The van der Waals surface area contributed by atoms with E-state index in [4.69, 9.17) is 0 Å². The van der Waals surface area contributed by atoms with Crippen LogP contribution in [0, 0.1) is 0 Å². The number of carbonyl (C=O) groups is 1. The van der Waals surface area contributed by atoms with Crippen molar-refractivity contribution in [2.45, 2.75) is 38.3 Å². The van der Waals surface area contributed by atoms with Crippen LogP contribution in [-0.4, -0.2) is 23.5 Å². The molecule has 3 aromatic carbocycles. The van der Waals surface area contributed by atoms with Crippen LogP contribution in [0.3, 0.4) is 0 Å². The van der Waals surface area contributed by atoms with Gasteiger partial charge in [-0.15, -0.1) is 0 Å². The summed E-state index contributed by atoms with van der Waals surface area (Å²) in [7, 11) is -3.95. The third-order valence-corrected chi connectivity index (χ3v) is 7.65. The summed E-state index contributed by atoms with van der Waals surface area (Å²) in [6.07, 6.45) is 0.856. The number of fused-ring (bicyclic) bond motifs is 1. The van der Waals surface area contributed by atoms with E-state index in [1.54, 1.807) is 6.07 Å². The molecule has 6 nitrogen and oxygen atoms in total. The second-order valence-corrected chi connectivity index (χ2v) is 10.2. The molecule has 0 aliphatic carbocycles. The highest BCUT2D eigenvalue weighted by molar-refractivity contribution is 7.89. The average Bonchev–Trinajstić information content (AvgIpc) is 2.84. The van der Waals surface area contributed by atoms with Crippen molar-refractivity contribution in [1.29, 1.82) is 0 Å². The number of hydrogen-bond acceptors (Lipinski definition) is 4. The lowest BCUT2D eigenvalue weighted by Crippen LogP contribution is -2.32. The van der Waals surface area contributed by atoms with E-state index in [1.165, 1.54) is 35.5 Å². The van der Waals surface area contributed by atoms with Crippen molar-refractivity contribution < 1.29 is 13.2 Å². The largest absolute Gasteiger partial charge is 0.322 e. The molecule has 0 saturated carbocycles. The van der Waals surface area contributed by atoms with E-state index in [-0.39, 0.29) is 29.3 Å². The second kappa shape index (κ2) is 9.75. The minimum absolute atomic E-state index is 0.0684. The molecule has 174 valence electrons. The summed E-state index contributed by atoms with van der Waals surface area (Å²) in [6.45, 7) is 3.50. The first-order valence-electron chi connectivity index (χ1n) is 11.1. The first-order valence-corrected chi connectivity index (χ1v) is 12.5. The van der Waals surface area contributed by atoms with E-state index >= 15 is 0 Å². The van der Waals surface area contributed by atoms with Crippen LogP contribution in [0.4, 0.5) is 0 Å². The van der Waals surface area contributed by atoms with Gasteiger partial charge in [0.05, 0.1) is 4.90 Å². The summed E-state index contributed by atoms with van der Waals surface area (Å²) in [6, 6.07) is 22.7. The highest BCUT2D eigenvalue weighted by Crippen LogP contribution is 2.22. The molecule has 0 aliphatic heterocycles. The summed E-state index contributed by atoms with van der Waals surface area (Å²) in [5, 5.41) is 0.858. The van der Waals surface area contributed by atoms with Crippen molar-refractivity contribution in [3.8, 4) is 0 Å². The summed E-state index contributed by atoms with van der Waals surface area (Å²) >= 11 is 0. The van der Waals surface area contributed by atoms with Crippen molar-refractivity contribution >= 4 is 26.7 Å². The predicted molar refractivity (Wildman–Crippen MR) is 133 cm³/mol. The van der Waals surface area contributed by atoms with Crippen molar-refractivity contribution in [3.05, 3.63) is 111 Å². The number of ketones is 1. The Labute approximate surface area is 198 Å². The lowest BCUT2D eigenvalue weighted by atomic mass is 10.1. The Bertz CT molecular complexity index is 1490. The van der Waals surface area contributed by atoms with Crippen LogP contribution in [0.25, 0.3) is 10.9 Å².